The van der Waals surface area contributed by atoms with Gasteiger partial charge in [-0.25, -0.2) is 10.2 Å². The van der Waals surface area contributed by atoms with E-state index in [1.165, 1.54) is 32.6 Å². The minimum Gasteiger partial charge on any atom is -0.493 e. The summed E-state index contributed by atoms with van der Waals surface area (Å²) in [7, 11) is 4.51. The zero-order valence-corrected chi connectivity index (χ0v) is 20.6. The van der Waals surface area contributed by atoms with Crippen molar-refractivity contribution in [1.29, 1.82) is 0 Å². The minimum absolute atomic E-state index is 0.100. The summed E-state index contributed by atoms with van der Waals surface area (Å²) in [5.74, 6) is 0.628. The largest absolute Gasteiger partial charge is 0.493 e. The molecule has 0 saturated heterocycles. The van der Waals surface area contributed by atoms with Gasteiger partial charge >= 0.3 is 5.97 Å². The third-order valence-electron chi connectivity index (χ3n) is 4.76. The average molecular weight is 517 g/mol. The van der Waals surface area contributed by atoms with Gasteiger partial charge in [0, 0.05) is 5.02 Å². The van der Waals surface area contributed by atoms with E-state index >= 15 is 0 Å². The van der Waals surface area contributed by atoms with E-state index in [4.69, 9.17) is 42.1 Å². The number of rotatable bonds is 9. The molecule has 1 N–H and O–H groups in total. The zero-order valence-electron chi connectivity index (χ0n) is 19.1. The van der Waals surface area contributed by atoms with Crippen LogP contribution in [0.3, 0.4) is 0 Å². The van der Waals surface area contributed by atoms with Crippen LogP contribution < -0.4 is 24.4 Å². The Hall–Kier alpha value is -3.75. The number of esters is 1. The van der Waals surface area contributed by atoms with Gasteiger partial charge in [0.15, 0.2) is 23.0 Å². The average Bonchev–Trinajstić information content (AvgIpc) is 2.84. The molecule has 0 radical (unpaired) electrons. The molecule has 0 aliphatic heterocycles. The molecule has 3 rings (SSSR count). The molecule has 1 amide bonds. The maximum atomic E-state index is 12.5. The molecule has 8 nitrogen and oxygen atoms in total. The number of benzene rings is 3. The first kappa shape index (κ1) is 25.9. The maximum Gasteiger partial charge on any atom is 0.345 e. The smallest absolute Gasteiger partial charge is 0.345 e. The second-order valence-corrected chi connectivity index (χ2v) is 7.93. The molecule has 0 aliphatic carbocycles. The predicted molar refractivity (Wildman–Crippen MR) is 133 cm³/mol. The molecule has 0 spiro atoms. The number of amides is 1. The van der Waals surface area contributed by atoms with Gasteiger partial charge in [-0.15, -0.1) is 0 Å². The van der Waals surface area contributed by atoms with Crippen molar-refractivity contribution in [2.45, 2.75) is 6.42 Å². The highest BCUT2D eigenvalue weighted by Gasteiger charge is 2.16. The van der Waals surface area contributed by atoms with Gasteiger partial charge in [0.1, 0.15) is 0 Å². The van der Waals surface area contributed by atoms with Crippen molar-refractivity contribution in [3.8, 4) is 23.0 Å². The van der Waals surface area contributed by atoms with E-state index in [1.807, 2.05) is 0 Å². The van der Waals surface area contributed by atoms with E-state index in [2.05, 4.69) is 10.5 Å². The first-order chi connectivity index (χ1) is 16.8. The van der Waals surface area contributed by atoms with Crippen LogP contribution in [0.25, 0.3) is 0 Å². The Kier molecular flexibility index (Phi) is 8.94. The molecule has 0 fully saturated rings. The van der Waals surface area contributed by atoms with Gasteiger partial charge in [-0.2, -0.15) is 5.10 Å². The lowest BCUT2D eigenvalue weighted by Gasteiger charge is -2.11. The molecule has 0 aliphatic rings. The summed E-state index contributed by atoms with van der Waals surface area (Å²) in [5.41, 5.74) is 3.99. The molecule has 3 aromatic rings. The van der Waals surface area contributed by atoms with Gasteiger partial charge in [0.2, 0.25) is 5.91 Å². The van der Waals surface area contributed by atoms with Crippen LogP contribution in [0.4, 0.5) is 0 Å². The van der Waals surface area contributed by atoms with Crippen LogP contribution in [0.2, 0.25) is 10.0 Å². The van der Waals surface area contributed by atoms with Crippen molar-refractivity contribution in [2.75, 3.05) is 21.3 Å². The number of nitrogens with zero attached hydrogens (tertiary/aromatic N) is 1. The number of carbonyl (C=O) groups excluding carboxylic acids is 2. The second-order valence-electron chi connectivity index (χ2n) is 7.08. The topological polar surface area (TPSA) is 95.5 Å². The van der Waals surface area contributed by atoms with Gasteiger partial charge in [0.05, 0.1) is 44.6 Å². The van der Waals surface area contributed by atoms with Gasteiger partial charge in [-0.1, -0.05) is 29.3 Å². The normalized spacial score (nSPS) is 10.7. The third-order valence-corrected chi connectivity index (χ3v) is 5.30. The van der Waals surface area contributed by atoms with Gasteiger partial charge < -0.3 is 18.9 Å². The summed E-state index contributed by atoms with van der Waals surface area (Å²) < 4.78 is 21.2. The van der Waals surface area contributed by atoms with Crippen molar-refractivity contribution >= 4 is 41.3 Å². The van der Waals surface area contributed by atoms with Crippen LogP contribution in [0.5, 0.6) is 23.0 Å². The summed E-state index contributed by atoms with van der Waals surface area (Å²) in [6, 6.07) is 14.5. The molecule has 35 heavy (non-hydrogen) atoms. The SMILES string of the molecule is COc1ccc(CC(=O)N/N=C\c2ccc(OC(=O)c3ccc(Cl)cc3Cl)c(OC)c2)cc1OC. The molecule has 0 aromatic heterocycles. The summed E-state index contributed by atoms with van der Waals surface area (Å²) >= 11 is 11.9. The first-order valence-electron chi connectivity index (χ1n) is 10.2. The lowest BCUT2D eigenvalue weighted by Crippen LogP contribution is -2.19. The monoisotopic (exact) mass is 516 g/mol. The van der Waals surface area contributed by atoms with Crippen molar-refractivity contribution in [3.05, 3.63) is 81.3 Å². The molecule has 0 saturated carbocycles. The Labute approximate surface area is 212 Å². The summed E-state index contributed by atoms with van der Waals surface area (Å²) in [5, 5.41) is 4.55. The van der Waals surface area contributed by atoms with E-state index in [1.54, 1.807) is 49.6 Å². The van der Waals surface area contributed by atoms with Crippen LogP contribution in [-0.2, 0) is 11.2 Å². The lowest BCUT2D eigenvalue weighted by atomic mass is 10.1. The Morgan fingerprint density at radius 1 is 0.857 bits per heavy atom. The van der Waals surface area contributed by atoms with E-state index in [9.17, 15) is 9.59 Å². The molecule has 0 atom stereocenters. The van der Waals surface area contributed by atoms with Crippen molar-refractivity contribution in [1.82, 2.24) is 5.43 Å². The Bertz CT molecular complexity index is 1260. The number of methoxy groups -OCH3 is 3. The van der Waals surface area contributed by atoms with E-state index in [0.717, 1.165) is 5.56 Å². The number of carbonyl (C=O) groups is 2. The standard InChI is InChI=1S/C25H22Cl2N2O6/c1-32-20-8-4-15(10-22(20)33-2)12-24(30)29-28-14-16-5-9-21(23(11-16)34-3)35-25(31)18-7-6-17(26)13-19(18)27/h4-11,13-14H,12H2,1-3H3,(H,29,30)/b28-14-. The fourth-order valence-electron chi connectivity index (χ4n) is 3.05. The Balaban J connectivity index is 1.63. The fourth-order valence-corrected chi connectivity index (χ4v) is 3.54. The van der Waals surface area contributed by atoms with E-state index in [-0.39, 0.29) is 28.7 Å². The number of hydrogen-bond acceptors (Lipinski definition) is 7. The van der Waals surface area contributed by atoms with Crippen molar-refractivity contribution < 1.29 is 28.5 Å². The molecular weight excluding hydrogens is 495 g/mol. The lowest BCUT2D eigenvalue weighted by molar-refractivity contribution is -0.120. The van der Waals surface area contributed by atoms with Crippen LogP contribution in [0.1, 0.15) is 21.5 Å². The minimum atomic E-state index is -0.659. The zero-order chi connectivity index (χ0) is 25.4. The quantitative estimate of drug-likeness (QED) is 0.187. The van der Waals surface area contributed by atoms with Gasteiger partial charge in [0.25, 0.3) is 0 Å². The molecule has 3 aromatic carbocycles. The summed E-state index contributed by atoms with van der Waals surface area (Å²) in [6.45, 7) is 0. The highest BCUT2D eigenvalue weighted by molar-refractivity contribution is 6.36. The molecule has 0 bridgehead atoms. The molecule has 182 valence electrons. The predicted octanol–water partition coefficient (Wildman–Crippen LogP) is 4.93. The van der Waals surface area contributed by atoms with Crippen LogP contribution in [-0.4, -0.2) is 39.4 Å². The first-order valence-corrected chi connectivity index (χ1v) is 11.0. The Morgan fingerprint density at radius 3 is 2.23 bits per heavy atom. The van der Waals surface area contributed by atoms with Crippen LogP contribution in [0.15, 0.2) is 59.7 Å². The maximum absolute atomic E-state index is 12.5. The van der Waals surface area contributed by atoms with E-state index < -0.39 is 5.97 Å². The molecule has 0 heterocycles. The van der Waals surface area contributed by atoms with E-state index in [0.29, 0.717) is 27.8 Å². The van der Waals surface area contributed by atoms with Crippen LogP contribution in [0, 0.1) is 0 Å². The number of hydrazone groups is 1. The van der Waals surface area contributed by atoms with Gasteiger partial charge in [-0.05, 0) is 59.7 Å². The third kappa shape index (κ3) is 6.88. The van der Waals surface area contributed by atoms with Crippen molar-refractivity contribution in [3.63, 3.8) is 0 Å². The number of hydrogen-bond donors (Lipinski definition) is 1. The second kappa shape index (κ2) is 12.1. The molecule has 10 heteroatoms. The highest BCUT2D eigenvalue weighted by Crippen LogP contribution is 2.30. The Morgan fingerprint density at radius 2 is 1.54 bits per heavy atom. The number of nitrogens with one attached hydrogen (secondary N) is 1. The number of halogens is 2. The summed E-state index contributed by atoms with van der Waals surface area (Å²) in [6.07, 6.45) is 1.54. The molecular formula is C25H22Cl2N2O6. The van der Waals surface area contributed by atoms with Gasteiger partial charge in [-0.3, -0.25) is 4.79 Å². The highest BCUT2D eigenvalue weighted by atomic mass is 35.5. The van der Waals surface area contributed by atoms with Crippen LogP contribution >= 0.6 is 23.2 Å². The molecule has 0 unspecified atom stereocenters. The van der Waals surface area contributed by atoms with Crippen molar-refractivity contribution in [2.24, 2.45) is 5.10 Å². The fraction of sp³-hybridized carbons (Fsp3) is 0.160. The number of ether oxygens (including phenoxy) is 4. The summed E-state index contributed by atoms with van der Waals surface area (Å²) in [4.78, 5) is 24.7.